The Bertz CT molecular complexity index is 1390. The Balaban J connectivity index is 1.71. The first-order valence-electron chi connectivity index (χ1n) is 11.6. The number of amides is 2. The van der Waals surface area contributed by atoms with Gasteiger partial charge in [-0.15, -0.1) is 0 Å². The van der Waals surface area contributed by atoms with E-state index in [0.717, 1.165) is 12.8 Å². The number of hydrogen-bond donors (Lipinski definition) is 1. The lowest BCUT2D eigenvalue weighted by atomic mass is 10.1. The summed E-state index contributed by atoms with van der Waals surface area (Å²) in [7, 11) is 3.34. The fourth-order valence-corrected chi connectivity index (χ4v) is 4.30. The van der Waals surface area contributed by atoms with Gasteiger partial charge in [0.25, 0.3) is 5.91 Å². The van der Waals surface area contributed by atoms with Crippen LogP contribution in [0, 0.1) is 0 Å². The fourth-order valence-electron chi connectivity index (χ4n) is 4.13. The van der Waals surface area contributed by atoms with E-state index in [1.807, 2.05) is 0 Å². The van der Waals surface area contributed by atoms with Gasteiger partial charge in [0.1, 0.15) is 23.6 Å². The van der Waals surface area contributed by atoms with Crippen LogP contribution in [0.3, 0.4) is 0 Å². The minimum absolute atomic E-state index is 0.0109. The standard InChI is InChI=1S/C25H28ClN7O3/c1-5-17(6-2)31(3)22(34)15-32-14-20(23(30-32)18-12-16(26)8-9-21(18)36-4)29-25(35)19-13-28-33-11-7-10-27-24(19)33/h7-14,17H,5-6,15H2,1-4H3,(H,29,35). The average Bonchev–Trinajstić information content (AvgIpc) is 3.48. The van der Waals surface area contributed by atoms with Crippen molar-refractivity contribution in [3.63, 3.8) is 0 Å². The maximum Gasteiger partial charge on any atom is 0.261 e. The number of hydrogen-bond acceptors (Lipinski definition) is 6. The Hall–Kier alpha value is -3.92. The lowest BCUT2D eigenvalue weighted by molar-refractivity contribution is -0.132. The highest BCUT2D eigenvalue weighted by atomic mass is 35.5. The van der Waals surface area contributed by atoms with Crippen LogP contribution in [0.1, 0.15) is 37.0 Å². The van der Waals surface area contributed by atoms with Gasteiger partial charge in [0.2, 0.25) is 5.91 Å². The molecule has 0 saturated heterocycles. The summed E-state index contributed by atoms with van der Waals surface area (Å²) in [5.41, 5.74) is 2.12. The molecule has 11 heteroatoms. The lowest BCUT2D eigenvalue weighted by Gasteiger charge is -2.26. The summed E-state index contributed by atoms with van der Waals surface area (Å²) >= 11 is 6.27. The van der Waals surface area contributed by atoms with Crippen LogP contribution < -0.4 is 10.1 Å². The van der Waals surface area contributed by atoms with Crippen LogP contribution in [-0.4, -0.2) is 61.3 Å². The summed E-state index contributed by atoms with van der Waals surface area (Å²) in [6.45, 7) is 4.12. The van der Waals surface area contributed by atoms with Crippen molar-refractivity contribution < 1.29 is 14.3 Å². The zero-order valence-corrected chi connectivity index (χ0v) is 21.4. The molecule has 1 aromatic carbocycles. The van der Waals surface area contributed by atoms with Crippen molar-refractivity contribution in [2.45, 2.75) is 39.3 Å². The van der Waals surface area contributed by atoms with E-state index in [4.69, 9.17) is 16.3 Å². The van der Waals surface area contributed by atoms with E-state index in [1.54, 1.807) is 61.9 Å². The van der Waals surface area contributed by atoms with Crippen molar-refractivity contribution in [1.82, 2.24) is 29.3 Å². The molecule has 0 atom stereocenters. The maximum absolute atomic E-state index is 13.2. The third-order valence-corrected chi connectivity index (χ3v) is 6.37. The second-order valence-electron chi connectivity index (χ2n) is 8.31. The van der Waals surface area contributed by atoms with Gasteiger partial charge in [0.15, 0.2) is 5.65 Å². The van der Waals surface area contributed by atoms with Crippen LogP contribution in [-0.2, 0) is 11.3 Å². The van der Waals surface area contributed by atoms with E-state index in [2.05, 4.69) is 34.3 Å². The summed E-state index contributed by atoms with van der Waals surface area (Å²) in [4.78, 5) is 32.2. The summed E-state index contributed by atoms with van der Waals surface area (Å²) in [6, 6.07) is 7.01. The molecule has 0 fully saturated rings. The maximum atomic E-state index is 13.2. The molecule has 4 rings (SSSR count). The molecule has 0 bridgehead atoms. The minimum Gasteiger partial charge on any atom is -0.496 e. The Morgan fingerprint density at radius 3 is 2.75 bits per heavy atom. The zero-order chi connectivity index (χ0) is 25.8. The fraction of sp³-hybridized carbons (Fsp3) is 0.320. The Morgan fingerprint density at radius 2 is 2.03 bits per heavy atom. The number of carbonyl (C=O) groups is 2. The molecule has 0 aliphatic heterocycles. The molecular formula is C25H28ClN7O3. The number of carbonyl (C=O) groups excluding carboxylic acids is 2. The molecule has 0 aliphatic rings. The van der Waals surface area contributed by atoms with Crippen LogP contribution in [0.15, 0.2) is 49.1 Å². The summed E-state index contributed by atoms with van der Waals surface area (Å²) in [5, 5.41) is 12.2. The number of anilines is 1. The minimum atomic E-state index is -0.411. The van der Waals surface area contributed by atoms with Crippen LogP contribution in [0.25, 0.3) is 16.9 Å². The number of likely N-dealkylation sites (N-methyl/N-ethyl adjacent to an activating group) is 1. The summed E-state index contributed by atoms with van der Waals surface area (Å²) < 4.78 is 8.55. The highest BCUT2D eigenvalue weighted by Crippen LogP contribution is 2.36. The third-order valence-electron chi connectivity index (χ3n) is 6.13. The number of fused-ring (bicyclic) bond motifs is 1. The Labute approximate surface area is 213 Å². The summed E-state index contributed by atoms with van der Waals surface area (Å²) in [6.07, 6.45) is 8.11. The molecule has 1 N–H and O–H groups in total. The molecule has 36 heavy (non-hydrogen) atoms. The van der Waals surface area contributed by atoms with Gasteiger partial charge in [-0.25, -0.2) is 9.50 Å². The van der Waals surface area contributed by atoms with Crippen molar-refractivity contribution in [2.75, 3.05) is 19.5 Å². The predicted octanol–water partition coefficient (Wildman–Crippen LogP) is 4.15. The first-order valence-corrected chi connectivity index (χ1v) is 12.0. The molecule has 4 aromatic rings. The third kappa shape index (κ3) is 5.03. The molecule has 0 spiro atoms. The molecule has 3 heterocycles. The first kappa shape index (κ1) is 25.2. The van der Waals surface area contributed by atoms with E-state index in [0.29, 0.717) is 38.9 Å². The average molecular weight is 510 g/mol. The second-order valence-corrected chi connectivity index (χ2v) is 8.75. The molecule has 2 amide bonds. The van der Waals surface area contributed by atoms with Crippen molar-refractivity contribution in [3.05, 3.63) is 59.6 Å². The van der Waals surface area contributed by atoms with Crippen molar-refractivity contribution >= 4 is 34.7 Å². The van der Waals surface area contributed by atoms with E-state index in [1.165, 1.54) is 15.4 Å². The van der Waals surface area contributed by atoms with E-state index >= 15 is 0 Å². The van der Waals surface area contributed by atoms with Gasteiger partial charge >= 0.3 is 0 Å². The largest absolute Gasteiger partial charge is 0.496 e. The van der Waals surface area contributed by atoms with Crippen molar-refractivity contribution in [1.29, 1.82) is 0 Å². The van der Waals surface area contributed by atoms with Gasteiger partial charge in [-0.05, 0) is 37.1 Å². The SMILES string of the molecule is CCC(CC)N(C)C(=O)Cn1cc(NC(=O)c2cnn3cccnc23)c(-c2cc(Cl)ccc2OC)n1. The van der Waals surface area contributed by atoms with Crippen LogP contribution in [0.2, 0.25) is 5.02 Å². The number of nitrogens with one attached hydrogen (secondary N) is 1. The van der Waals surface area contributed by atoms with E-state index in [9.17, 15) is 9.59 Å². The van der Waals surface area contributed by atoms with Crippen LogP contribution >= 0.6 is 11.6 Å². The predicted molar refractivity (Wildman–Crippen MR) is 137 cm³/mol. The number of halogens is 1. The zero-order valence-electron chi connectivity index (χ0n) is 20.6. The molecule has 0 unspecified atom stereocenters. The quantitative estimate of drug-likeness (QED) is 0.363. The smallest absolute Gasteiger partial charge is 0.261 e. The Kier molecular flexibility index (Phi) is 7.54. The lowest BCUT2D eigenvalue weighted by Crippen LogP contribution is -2.38. The Morgan fingerprint density at radius 1 is 1.25 bits per heavy atom. The van der Waals surface area contributed by atoms with E-state index < -0.39 is 5.91 Å². The molecule has 10 nitrogen and oxygen atoms in total. The number of ether oxygens (including phenoxy) is 1. The highest BCUT2D eigenvalue weighted by Gasteiger charge is 2.23. The highest BCUT2D eigenvalue weighted by molar-refractivity contribution is 6.31. The number of nitrogens with zero attached hydrogens (tertiary/aromatic N) is 6. The van der Waals surface area contributed by atoms with Gasteiger partial charge in [-0.3, -0.25) is 14.3 Å². The first-order chi connectivity index (χ1) is 17.4. The molecule has 0 saturated carbocycles. The number of rotatable bonds is 9. The summed E-state index contributed by atoms with van der Waals surface area (Å²) in [5.74, 6) is 0.0322. The monoisotopic (exact) mass is 509 g/mol. The molecule has 3 aromatic heterocycles. The molecule has 0 aliphatic carbocycles. The molecular weight excluding hydrogens is 482 g/mol. The van der Waals surface area contributed by atoms with Crippen LogP contribution in [0.5, 0.6) is 5.75 Å². The van der Waals surface area contributed by atoms with Crippen LogP contribution in [0.4, 0.5) is 5.69 Å². The van der Waals surface area contributed by atoms with Gasteiger partial charge < -0.3 is 15.0 Å². The number of aromatic nitrogens is 5. The van der Waals surface area contributed by atoms with Crippen molar-refractivity contribution in [2.24, 2.45) is 0 Å². The van der Waals surface area contributed by atoms with Crippen molar-refractivity contribution in [3.8, 4) is 17.0 Å². The van der Waals surface area contributed by atoms with E-state index in [-0.39, 0.29) is 18.5 Å². The van der Waals surface area contributed by atoms with Gasteiger partial charge in [-0.1, -0.05) is 25.4 Å². The number of methoxy groups -OCH3 is 1. The molecule has 188 valence electrons. The second kappa shape index (κ2) is 10.8. The normalized spacial score (nSPS) is 11.2. The topological polar surface area (TPSA) is 107 Å². The van der Waals surface area contributed by atoms with Gasteiger partial charge in [0, 0.05) is 42.3 Å². The molecule has 0 radical (unpaired) electrons. The van der Waals surface area contributed by atoms with Gasteiger partial charge in [0.05, 0.1) is 19.0 Å². The van der Waals surface area contributed by atoms with Gasteiger partial charge in [-0.2, -0.15) is 10.2 Å². The number of benzene rings is 1.